The minimum atomic E-state index is 0.402. The van der Waals surface area contributed by atoms with Crippen LogP contribution in [-0.4, -0.2) is 49.3 Å². The van der Waals surface area contributed by atoms with Gasteiger partial charge in [-0.1, -0.05) is 19.1 Å². The van der Waals surface area contributed by atoms with Gasteiger partial charge in [-0.05, 0) is 32.4 Å². The number of anilines is 3. The number of hydrogen-bond donors (Lipinski definition) is 1. The Hall–Kier alpha value is -2.50. The van der Waals surface area contributed by atoms with Crippen molar-refractivity contribution in [3.8, 4) is 5.75 Å². The zero-order chi connectivity index (χ0) is 18.5. The van der Waals surface area contributed by atoms with Crippen molar-refractivity contribution in [1.29, 1.82) is 0 Å². The first-order valence-electron chi connectivity index (χ1n) is 9.36. The molecule has 0 radical (unpaired) electrons. The molecule has 2 aromatic rings. The second-order valence-electron chi connectivity index (χ2n) is 6.76. The SMILES string of the molecule is CCC(C)Nc1cc(N2CCN(c3ccccc3OC)CC2)nc(C)n1. The normalized spacial score (nSPS) is 15.7. The molecule has 1 unspecified atom stereocenters. The molecule has 1 aliphatic rings. The van der Waals surface area contributed by atoms with Gasteiger partial charge in [0.25, 0.3) is 0 Å². The number of aryl methyl sites for hydroxylation is 1. The lowest BCUT2D eigenvalue weighted by Crippen LogP contribution is -2.47. The highest BCUT2D eigenvalue weighted by molar-refractivity contribution is 5.60. The zero-order valence-electron chi connectivity index (χ0n) is 16.2. The Morgan fingerprint density at radius 3 is 2.50 bits per heavy atom. The van der Waals surface area contributed by atoms with Crippen molar-refractivity contribution in [3.63, 3.8) is 0 Å². The van der Waals surface area contributed by atoms with Crippen molar-refractivity contribution in [3.05, 3.63) is 36.2 Å². The van der Waals surface area contributed by atoms with Gasteiger partial charge in [-0.2, -0.15) is 0 Å². The standard InChI is InChI=1S/C20H29N5O/c1-5-15(2)21-19-14-20(23-16(3)22-19)25-12-10-24(11-13-25)17-8-6-7-9-18(17)26-4/h6-9,14-15H,5,10-13H2,1-4H3,(H,21,22,23). The minimum Gasteiger partial charge on any atom is -0.495 e. The average Bonchev–Trinajstić information content (AvgIpc) is 2.67. The van der Waals surface area contributed by atoms with Crippen LogP contribution in [0.5, 0.6) is 5.75 Å². The Labute approximate surface area is 156 Å². The number of methoxy groups -OCH3 is 1. The molecule has 1 aromatic carbocycles. The first kappa shape index (κ1) is 18.3. The maximum atomic E-state index is 5.50. The van der Waals surface area contributed by atoms with Crippen LogP contribution in [0.3, 0.4) is 0 Å². The number of aromatic nitrogens is 2. The molecule has 2 heterocycles. The average molecular weight is 355 g/mol. The second kappa shape index (κ2) is 8.25. The van der Waals surface area contributed by atoms with Crippen molar-refractivity contribution < 1.29 is 4.74 Å². The molecule has 0 spiro atoms. The maximum absolute atomic E-state index is 5.50. The van der Waals surface area contributed by atoms with Gasteiger partial charge in [-0.15, -0.1) is 0 Å². The molecule has 3 rings (SSSR count). The van der Waals surface area contributed by atoms with Crippen LogP contribution in [0.1, 0.15) is 26.1 Å². The Bertz CT molecular complexity index is 728. The van der Waals surface area contributed by atoms with Crippen molar-refractivity contribution in [1.82, 2.24) is 9.97 Å². The molecule has 0 aliphatic carbocycles. The number of nitrogens with one attached hydrogen (secondary N) is 1. The molecular weight excluding hydrogens is 326 g/mol. The van der Waals surface area contributed by atoms with Crippen LogP contribution in [0.15, 0.2) is 30.3 Å². The van der Waals surface area contributed by atoms with Crippen molar-refractivity contribution in [2.45, 2.75) is 33.2 Å². The van der Waals surface area contributed by atoms with Crippen molar-refractivity contribution in [2.75, 3.05) is 48.4 Å². The van der Waals surface area contributed by atoms with E-state index in [0.29, 0.717) is 6.04 Å². The topological polar surface area (TPSA) is 53.5 Å². The number of hydrogen-bond acceptors (Lipinski definition) is 6. The Morgan fingerprint density at radius 2 is 1.81 bits per heavy atom. The zero-order valence-corrected chi connectivity index (χ0v) is 16.2. The number of ether oxygens (including phenoxy) is 1. The molecule has 1 atom stereocenters. The lowest BCUT2D eigenvalue weighted by Gasteiger charge is -2.37. The number of benzene rings is 1. The number of piperazine rings is 1. The van der Waals surface area contributed by atoms with Gasteiger partial charge in [0.15, 0.2) is 0 Å². The van der Waals surface area contributed by atoms with Crippen LogP contribution in [-0.2, 0) is 0 Å². The summed E-state index contributed by atoms with van der Waals surface area (Å²) in [5.41, 5.74) is 1.16. The fraction of sp³-hybridized carbons (Fsp3) is 0.500. The summed E-state index contributed by atoms with van der Waals surface area (Å²) >= 11 is 0. The third-order valence-corrected chi connectivity index (χ3v) is 4.86. The number of rotatable bonds is 6. The van der Waals surface area contributed by atoms with Gasteiger partial charge in [-0.25, -0.2) is 9.97 Å². The lowest BCUT2D eigenvalue weighted by atomic mass is 10.2. The number of para-hydroxylation sites is 2. The summed E-state index contributed by atoms with van der Waals surface area (Å²) in [6, 6.07) is 10.7. The number of nitrogens with zero attached hydrogens (tertiary/aromatic N) is 4. The highest BCUT2D eigenvalue weighted by Gasteiger charge is 2.21. The highest BCUT2D eigenvalue weighted by Crippen LogP contribution is 2.29. The summed E-state index contributed by atoms with van der Waals surface area (Å²) in [4.78, 5) is 13.9. The second-order valence-corrected chi connectivity index (χ2v) is 6.76. The van der Waals surface area contributed by atoms with E-state index < -0.39 is 0 Å². The fourth-order valence-electron chi connectivity index (χ4n) is 3.21. The van der Waals surface area contributed by atoms with Crippen LogP contribution in [0.2, 0.25) is 0 Å². The molecule has 26 heavy (non-hydrogen) atoms. The summed E-state index contributed by atoms with van der Waals surface area (Å²) < 4.78 is 5.50. The Kier molecular flexibility index (Phi) is 5.81. The van der Waals surface area contributed by atoms with E-state index in [1.54, 1.807) is 7.11 Å². The van der Waals surface area contributed by atoms with Gasteiger partial charge in [0.2, 0.25) is 0 Å². The summed E-state index contributed by atoms with van der Waals surface area (Å²) in [6.45, 7) is 10.0. The van der Waals surface area contributed by atoms with Crippen LogP contribution in [0, 0.1) is 6.92 Å². The van der Waals surface area contributed by atoms with Gasteiger partial charge in [0, 0.05) is 38.3 Å². The third-order valence-electron chi connectivity index (χ3n) is 4.86. The van der Waals surface area contributed by atoms with Crippen LogP contribution in [0.25, 0.3) is 0 Å². The molecule has 6 heteroatoms. The van der Waals surface area contributed by atoms with E-state index in [0.717, 1.165) is 61.5 Å². The highest BCUT2D eigenvalue weighted by atomic mass is 16.5. The minimum absolute atomic E-state index is 0.402. The molecule has 6 nitrogen and oxygen atoms in total. The molecule has 1 aromatic heterocycles. The summed E-state index contributed by atoms with van der Waals surface area (Å²) in [7, 11) is 1.73. The van der Waals surface area contributed by atoms with E-state index in [9.17, 15) is 0 Å². The molecule has 0 bridgehead atoms. The first-order valence-corrected chi connectivity index (χ1v) is 9.36. The summed E-state index contributed by atoms with van der Waals surface area (Å²) in [5, 5.41) is 3.46. The molecule has 0 saturated carbocycles. The third kappa shape index (κ3) is 4.18. The predicted molar refractivity (Wildman–Crippen MR) is 108 cm³/mol. The van der Waals surface area contributed by atoms with Crippen LogP contribution >= 0.6 is 0 Å². The van der Waals surface area contributed by atoms with Gasteiger partial charge in [-0.3, -0.25) is 0 Å². The monoisotopic (exact) mass is 355 g/mol. The molecule has 1 fully saturated rings. The fourth-order valence-corrected chi connectivity index (χ4v) is 3.21. The molecule has 1 aliphatic heterocycles. The Balaban J connectivity index is 1.70. The molecule has 140 valence electrons. The molecule has 1 N–H and O–H groups in total. The van der Waals surface area contributed by atoms with E-state index in [1.807, 2.05) is 19.1 Å². The van der Waals surface area contributed by atoms with Crippen LogP contribution < -0.4 is 19.9 Å². The molecule has 0 amide bonds. The van der Waals surface area contributed by atoms with Crippen molar-refractivity contribution >= 4 is 17.3 Å². The van der Waals surface area contributed by atoms with Crippen LogP contribution in [0.4, 0.5) is 17.3 Å². The largest absolute Gasteiger partial charge is 0.495 e. The Morgan fingerprint density at radius 1 is 1.12 bits per heavy atom. The molecule has 1 saturated heterocycles. The molecular formula is C20H29N5O. The van der Waals surface area contributed by atoms with E-state index in [1.165, 1.54) is 0 Å². The van der Waals surface area contributed by atoms with Gasteiger partial charge < -0.3 is 19.9 Å². The van der Waals surface area contributed by atoms with Gasteiger partial charge in [0.1, 0.15) is 23.2 Å². The van der Waals surface area contributed by atoms with Gasteiger partial charge >= 0.3 is 0 Å². The van der Waals surface area contributed by atoms with Gasteiger partial charge in [0.05, 0.1) is 12.8 Å². The van der Waals surface area contributed by atoms with E-state index in [-0.39, 0.29) is 0 Å². The first-order chi connectivity index (χ1) is 12.6. The van der Waals surface area contributed by atoms with E-state index in [4.69, 9.17) is 4.74 Å². The van der Waals surface area contributed by atoms with E-state index in [2.05, 4.69) is 57.1 Å². The maximum Gasteiger partial charge on any atom is 0.142 e. The summed E-state index contributed by atoms with van der Waals surface area (Å²) in [5.74, 6) is 3.65. The quantitative estimate of drug-likeness (QED) is 0.858. The smallest absolute Gasteiger partial charge is 0.142 e. The van der Waals surface area contributed by atoms with Crippen molar-refractivity contribution in [2.24, 2.45) is 0 Å². The van der Waals surface area contributed by atoms with E-state index >= 15 is 0 Å². The summed E-state index contributed by atoms with van der Waals surface area (Å²) in [6.07, 6.45) is 1.07. The lowest BCUT2D eigenvalue weighted by molar-refractivity contribution is 0.413. The predicted octanol–water partition coefficient (Wildman–Crippen LogP) is 3.33.